The molecule has 0 spiro atoms. The lowest BCUT2D eigenvalue weighted by Crippen LogP contribution is -2.13. The molecule has 100 valence electrons. The van der Waals surface area contributed by atoms with Gasteiger partial charge >= 0.3 is 0 Å². The summed E-state index contributed by atoms with van der Waals surface area (Å²) >= 11 is 1.60. The number of benzene rings is 1. The average molecular weight is 277 g/mol. The van der Waals surface area contributed by atoms with Crippen LogP contribution in [0.15, 0.2) is 34.6 Å². The number of hydrogen-bond acceptors (Lipinski definition) is 5. The molecule has 0 unspecified atom stereocenters. The van der Waals surface area contributed by atoms with Crippen molar-refractivity contribution in [3.8, 4) is 0 Å². The predicted molar refractivity (Wildman–Crippen MR) is 74.3 cm³/mol. The van der Waals surface area contributed by atoms with Crippen LogP contribution < -0.4 is 5.73 Å². The Kier molecular flexibility index (Phi) is 4.06. The van der Waals surface area contributed by atoms with Gasteiger partial charge in [-0.2, -0.15) is 0 Å². The largest absolute Gasteiger partial charge is 0.409 e. The molecular weight excluding hydrogens is 262 g/mol. The molecule has 0 saturated heterocycles. The quantitative estimate of drug-likeness (QED) is 0.291. The zero-order valence-electron chi connectivity index (χ0n) is 10.7. The maximum Gasteiger partial charge on any atom is 0.191 e. The Balaban J connectivity index is 2.10. The van der Waals surface area contributed by atoms with Crippen LogP contribution in [-0.2, 0) is 12.8 Å². The summed E-state index contributed by atoms with van der Waals surface area (Å²) in [5, 5.41) is 20.6. The van der Waals surface area contributed by atoms with Crippen molar-refractivity contribution < 1.29 is 5.21 Å². The van der Waals surface area contributed by atoms with Crippen molar-refractivity contribution in [3.63, 3.8) is 0 Å². The normalized spacial score (nSPS) is 11.8. The van der Waals surface area contributed by atoms with E-state index in [1.54, 1.807) is 17.8 Å². The molecule has 0 atom stereocenters. The summed E-state index contributed by atoms with van der Waals surface area (Å²) in [6.45, 7) is 1.91. The summed E-state index contributed by atoms with van der Waals surface area (Å²) < 4.78 is 1.94. The summed E-state index contributed by atoms with van der Waals surface area (Å²) in [6.07, 6.45) is 0. The van der Waals surface area contributed by atoms with Gasteiger partial charge in [0.2, 0.25) is 0 Å². The Labute approximate surface area is 115 Å². The van der Waals surface area contributed by atoms with Crippen LogP contribution in [0.1, 0.15) is 17.0 Å². The van der Waals surface area contributed by atoms with E-state index in [9.17, 15) is 0 Å². The predicted octanol–water partition coefficient (Wildman–Crippen LogP) is 1.51. The number of amidine groups is 1. The van der Waals surface area contributed by atoms with Gasteiger partial charge in [0.1, 0.15) is 5.82 Å². The first-order valence-corrected chi connectivity index (χ1v) is 6.66. The maximum absolute atomic E-state index is 8.66. The zero-order chi connectivity index (χ0) is 13.8. The summed E-state index contributed by atoms with van der Waals surface area (Å²) in [7, 11) is 1.94. The topological polar surface area (TPSA) is 89.3 Å². The highest BCUT2D eigenvalue weighted by Gasteiger charge is 2.06. The lowest BCUT2D eigenvalue weighted by atomic mass is 10.1. The van der Waals surface area contributed by atoms with Crippen molar-refractivity contribution in [3.05, 3.63) is 41.2 Å². The van der Waals surface area contributed by atoms with Gasteiger partial charge in [-0.1, -0.05) is 35.1 Å². The monoisotopic (exact) mass is 277 g/mol. The molecule has 0 fully saturated rings. The number of oxime groups is 1. The van der Waals surface area contributed by atoms with E-state index in [0.717, 1.165) is 22.3 Å². The number of aromatic nitrogens is 3. The third-order valence-electron chi connectivity index (χ3n) is 2.75. The number of nitrogens with zero attached hydrogens (tertiary/aromatic N) is 4. The second-order valence-corrected chi connectivity index (χ2v) is 5.01. The molecule has 1 aromatic carbocycles. The Bertz CT molecular complexity index is 608. The molecule has 0 radical (unpaired) electrons. The van der Waals surface area contributed by atoms with Gasteiger partial charge in [0.25, 0.3) is 0 Å². The van der Waals surface area contributed by atoms with E-state index >= 15 is 0 Å². The van der Waals surface area contributed by atoms with Crippen LogP contribution in [0, 0.1) is 6.92 Å². The molecule has 3 N–H and O–H groups in total. The molecule has 1 heterocycles. The second kappa shape index (κ2) is 5.75. The Morgan fingerprint density at radius 1 is 1.47 bits per heavy atom. The molecule has 7 heteroatoms. The van der Waals surface area contributed by atoms with Crippen LogP contribution in [0.3, 0.4) is 0 Å². The number of nitrogens with two attached hydrogens (primary N) is 1. The lowest BCUT2D eigenvalue weighted by molar-refractivity contribution is 0.318. The molecule has 6 nitrogen and oxygen atoms in total. The van der Waals surface area contributed by atoms with Crippen molar-refractivity contribution in [1.82, 2.24) is 14.8 Å². The fraction of sp³-hybridized carbons (Fsp3) is 0.250. The molecule has 0 saturated carbocycles. The van der Waals surface area contributed by atoms with Gasteiger partial charge in [0.05, 0.1) is 0 Å². The molecule has 0 aliphatic rings. The van der Waals surface area contributed by atoms with E-state index in [4.69, 9.17) is 10.9 Å². The average Bonchev–Trinajstić information content (AvgIpc) is 2.76. The van der Waals surface area contributed by atoms with Crippen LogP contribution in [0.25, 0.3) is 0 Å². The summed E-state index contributed by atoms with van der Waals surface area (Å²) in [5.41, 5.74) is 7.35. The highest BCUT2D eigenvalue weighted by molar-refractivity contribution is 7.98. The Morgan fingerprint density at radius 2 is 2.26 bits per heavy atom. The third kappa shape index (κ3) is 3.05. The van der Waals surface area contributed by atoms with E-state index < -0.39 is 0 Å². The van der Waals surface area contributed by atoms with E-state index in [2.05, 4.69) is 15.4 Å². The highest BCUT2D eigenvalue weighted by Crippen LogP contribution is 2.21. The minimum absolute atomic E-state index is 0.112. The molecular formula is C12H15N5OS. The minimum atomic E-state index is 0.112. The first kappa shape index (κ1) is 13.4. The SMILES string of the molecule is Cc1nnc(SCc2cccc(C(N)=NO)c2)n1C. The molecule has 2 aromatic rings. The number of hydrogen-bond donors (Lipinski definition) is 2. The van der Waals surface area contributed by atoms with Crippen molar-refractivity contribution in [1.29, 1.82) is 0 Å². The minimum Gasteiger partial charge on any atom is -0.409 e. The van der Waals surface area contributed by atoms with E-state index in [-0.39, 0.29) is 5.84 Å². The molecule has 2 rings (SSSR count). The molecule has 19 heavy (non-hydrogen) atoms. The van der Waals surface area contributed by atoms with Crippen LogP contribution in [0.2, 0.25) is 0 Å². The van der Waals surface area contributed by atoms with Crippen molar-refractivity contribution >= 4 is 17.6 Å². The standard InChI is InChI=1S/C12H15N5OS/c1-8-14-15-12(17(8)2)19-7-9-4-3-5-10(6-9)11(13)16-18/h3-6,18H,7H2,1-2H3,(H2,13,16). The summed E-state index contributed by atoms with van der Waals surface area (Å²) in [6, 6.07) is 7.57. The number of aryl methyl sites for hydroxylation is 1. The van der Waals surface area contributed by atoms with E-state index in [1.165, 1.54) is 0 Å². The first-order valence-electron chi connectivity index (χ1n) is 5.67. The Morgan fingerprint density at radius 3 is 2.89 bits per heavy atom. The van der Waals surface area contributed by atoms with Crippen molar-refractivity contribution in [2.45, 2.75) is 17.8 Å². The van der Waals surface area contributed by atoms with Crippen LogP contribution >= 0.6 is 11.8 Å². The van der Waals surface area contributed by atoms with Gasteiger partial charge in [-0.25, -0.2) is 0 Å². The van der Waals surface area contributed by atoms with Gasteiger partial charge in [0.15, 0.2) is 11.0 Å². The zero-order valence-corrected chi connectivity index (χ0v) is 11.6. The molecule has 1 aromatic heterocycles. The number of rotatable bonds is 4. The first-order chi connectivity index (χ1) is 9.11. The number of thioether (sulfide) groups is 1. The van der Waals surface area contributed by atoms with Crippen molar-refractivity contribution in [2.75, 3.05) is 0 Å². The van der Waals surface area contributed by atoms with Gasteiger partial charge < -0.3 is 15.5 Å². The molecule has 0 amide bonds. The smallest absolute Gasteiger partial charge is 0.191 e. The third-order valence-corrected chi connectivity index (χ3v) is 3.84. The van der Waals surface area contributed by atoms with Crippen LogP contribution in [-0.4, -0.2) is 25.8 Å². The molecule has 0 aliphatic carbocycles. The van der Waals surface area contributed by atoms with Gasteiger partial charge in [-0.05, 0) is 18.6 Å². The van der Waals surface area contributed by atoms with Crippen molar-refractivity contribution in [2.24, 2.45) is 17.9 Å². The summed E-state index contributed by atoms with van der Waals surface area (Å²) in [4.78, 5) is 0. The summed E-state index contributed by atoms with van der Waals surface area (Å²) in [5.74, 6) is 1.74. The lowest BCUT2D eigenvalue weighted by Gasteiger charge is -2.04. The van der Waals surface area contributed by atoms with Crippen LogP contribution in [0.4, 0.5) is 0 Å². The fourth-order valence-corrected chi connectivity index (χ4v) is 2.44. The van der Waals surface area contributed by atoms with E-state index in [1.807, 2.05) is 36.7 Å². The maximum atomic E-state index is 8.66. The van der Waals surface area contributed by atoms with E-state index in [0.29, 0.717) is 5.56 Å². The molecule has 0 aliphatic heterocycles. The van der Waals surface area contributed by atoms with Crippen LogP contribution in [0.5, 0.6) is 0 Å². The molecule has 0 bridgehead atoms. The fourth-order valence-electron chi connectivity index (χ4n) is 1.54. The Hall–Kier alpha value is -2.02. The highest BCUT2D eigenvalue weighted by atomic mass is 32.2. The van der Waals surface area contributed by atoms with Gasteiger partial charge in [-0.3, -0.25) is 0 Å². The van der Waals surface area contributed by atoms with Gasteiger partial charge in [-0.15, -0.1) is 10.2 Å². The van der Waals surface area contributed by atoms with Gasteiger partial charge in [0, 0.05) is 18.4 Å². The second-order valence-electron chi connectivity index (χ2n) is 4.06.